The lowest BCUT2D eigenvalue weighted by molar-refractivity contribution is -0.116. The summed E-state index contributed by atoms with van der Waals surface area (Å²) in [5.74, 6) is 0.394. The summed E-state index contributed by atoms with van der Waals surface area (Å²) in [6, 6.07) is 6.82. The van der Waals surface area contributed by atoms with E-state index in [9.17, 15) is 4.79 Å². The molecule has 2 aromatic rings. The minimum atomic E-state index is -0.215. The number of nitrogens with one attached hydrogen (secondary N) is 1. The number of carbonyl (C=O) groups is 1. The predicted octanol–water partition coefficient (Wildman–Crippen LogP) is 0.769. The number of benzene rings is 1. The van der Waals surface area contributed by atoms with E-state index in [1.54, 1.807) is 18.2 Å². The van der Waals surface area contributed by atoms with Crippen LogP contribution in [-0.4, -0.2) is 27.8 Å². The van der Waals surface area contributed by atoms with Gasteiger partial charge in [-0.15, -0.1) is 5.10 Å². The first-order valence-electron chi connectivity index (χ1n) is 6.15. The number of aryl methyl sites for hydroxylation is 1. The number of methoxy groups -OCH3 is 1. The number of hydrogen-bond acceptors (Lipinski definition) is 6. The molecule has 0 aliphatic heterocycles. The second kappa shape index (κ2) is 6.38. The number of aromatic nitrogens is 3. The molecule has 8 nitrogen and oxygen atoms in total. The molecule has 1 heterocycles. The molecule has 0 fully saturated rings. The fourth-order valence-corrected chi connectivity index (χ4v) is 1.71. The lowest BCUT2D eigenvalue weighted by Gasteiger charge is -2.10. The first kappa shape index (κ1) is 14.3. The van der Waals surface area contributed by atoms with Gasteiger partial charge in [-0.1, -0.05) is 0 Å². The predicted molar refractivity (Wildman–Crippen MR) is 75.4 cm³/mol. The zero-order valence-corrected chi connectivity index (χ0v) is 11.4. The summed E-state index contributed by atoms with van der Waals surface area (Å²) >= 11 is 0. The van der Waals surface area contributed by atoms with Crippen LogP contribution >= 0.6 is 0 Å². The van der Waals surface area contributed by atoms with Crippen LogP contribution < -0.4 is 15.8 Å². The van der Waals surface area contributed by atoms with Crippen LogP contribution in [0, 0.1) is 11.3 Å². The van der Waals surface area contributed by atoms with E-state index in [1.807, 2.05) is 6.07 Å². The Kier molecular flexibility index (Phi) is 4.36. The number of nitriles is 1. The van der Waals surface area contributed by atoms with Crippen LogP contribution in [0.2, 0.25) is 0 Å². The van der Waals surface area contributed by atoms with E-state index in [-0.39, 0.29) is 18.2 Å². The third-order valence-corrected chi connectivity index (χ3v) is 2.70. The largest absolute Gasteiger partial charge is 0.495 e. The summed E-state index contributed by atoms with van der Waals surface area (Å²) in [4.78, 5) is 15.7. The number of hydrogen-bond donors (Lipinski definition) is 2. The van der Waals surface area contributed by atoms with Gasteiger partial charge in [-0.25, -0.2) is 4.98 Å². The van der Waals surface area contributed by atoms with Gasteiger partial charge in [0, 0.05) is 12.1 Å². The average Bonchev–Trinajstić information content (AvgIpc) is 2.93. The van der Waals surface area contributed by atoms with Gasteiger partial charge >= 0.3 is 0 Å². The van der Waals surface area contributed by atoms with Crippen molar-refractivity contribution in [3.8, 4) is 11.8 Å². The minimum absolute atomic E-state index is 0.0768. The SMILES string of the molecule is COc1ccc(N)cc1NC(=O)CCn1cnc(C#N)n1. The molecule has 8 heteroatoms. The van der Waals surface area contributed by atoms with Gasteiger partial charge in [0.1, 0.15) is 18.1 Å². The number of anilines is 2. The van der Waals surface area contributed by atoms with Crippen molar-refractivity contribution in [2.75, 3.05) is 18.2 Å². The Morgan fingerprint density at radius 2 is 2.38 bits per heavy atom. The van der Waals surface area contributed by atoms with Crippen molar-refractivity contribution in [1.82, 2.24) is 14.8 Å². The summed E-state index contributed by atoms with van der Waals surface area (Å²) in [6.07, 6.45) is 1.60. The first-order chi connectivity index (χ1) is 10.1. The minimum Gasteiger partial charge on any atom is -0.495 e. The Bertz CT molecular complexity index is 688. The summed E-state index contributed by atoms with van der Waals surface area (Å²) in [5, 5.41) is 15.2. The molecule has 0 bridgehead atoms. The van der Waals surface area contributed by atoms with Crippen LogP contribution in [0.3, 0.4) is 0 Å². The molecule has 0 aliphatic carbocycles. The molecule has 1 aromatic carbocycles. The third kappa shape index (κ3) is 3.70. The van der Waals surface area contributed by atoms with Gasteiger partial charge in [0.15, 0.2) is 0 Å². The van der Waals surface area contributed by atoms with E-state index in [0.717, 1.165) is 0 Å². The van der Waals surface area contributed by atoms with Gasteiger partial charge in [-0.3, -0.25) is 9.48 Å². The fraction of sp³-hybridized carbons (Fsp3) is 0.231. The second-order valence-electron chi connectivity index (χ2n) is 4.20. The van der Waals surface area contributed by atoms with Crippen LogP contribution in [0.5, 0.6) is 5.75 Å². The number of carbonyl (C=O) groups excluding carboxylic acids is 1. The summed E-state index contributed by atoms with van der Waals surface area (Å²) < 4.78 is 6.59. The zero-order valence-electron chi connectivity index (χ0n) is 11.4. The molecule has 1 aromatic heterocycles. The summed E-state index contributed by atoms with van der Waals surface area (Å²) in [7, 11) is 1.51. The normalized spacial score (nSPS) is 9.90. The maximum absolute atomic E-state index is 11.9. The fourth-order valence-electron chi connectivity index (χ4n) is 1.71. The molecule has 0 radical (unpaired) electrons. The number of nitrogens with zero attached hydrogens (tertiary/aromatic N) is 4. The Labute approximate surface area is 121 Å². The molecule has 0 saturated carbocycles. The second-order valence-corrected chi connectivity index (χ2v) is 4.20. The standard InChI is InChI=1S/C13H14N6O2/c1-21-11-3-2-9(15)6-10(11)17-13(20)4-5-19-8-16-12(7-14)18-19/h2-3,6,8H,4-5,15H2,1H3,(H,17,20). The molecule has 21 heavy (non-hydrogen) atoms. The highest BCUT2D eigenvalue weighted by molar-refractivity contribution is 5.92. The van der Waals surface area contributed by atoms with Crippen molar-refractivity contribution in [3.05, 3.63) is 30.4 Å². The molecule has 1 amide bonds. The van der Waals surface area contributed by atoms with Gasteiger partial charge < -0.3 is 15.8 Å². The summed E-state index contributed by atoms with van der Waals surface area (Å²) in [6.45, 7) is 0.325. The number of nitrogens with two attached hydrogens (primary N) is 1. The lowest BCUT2D eigenvalue weighted by atomic mass is 10.2. The molecule has 3 N–H and O–H groups in total. The van der Waals surface area contributed by atoms with Gasteiger partial charge in [0.2, 0.25) is 5.91 Å². The first-order valence-corrected chi connectivity index (χ1v) is 6.15. The zero-order chi connectivity index (χ0) is 15.2. The van der Waals surface area contributed by atoms with Crippen LogP contribution in [0.1, 0.15) is 12.2 Å². The summed E-state index contributed by atoms with van der Waals surface area (Å²) in [5.41, 5.74) is 6.72. The van der Waals surface area contributed by atoms with Gasteiger partial charge in [0.05, 0.1) is 19.3 Å². The van der Waals surface area contributed by atoms with Crippen molar-refractivity contribution in [1.29, 1.82) is 5.26 Å². The number of nitrogen functional groups attached to an aromatic ring is 1. The van der Waals surface area contributed by atoms with Crippen molar-refractivity contribution >= 4 is 17.3 Å². The molecule has 0 aliphatic rings. The number of amides is 1. The smallest absolute Gasteiger partial charge is 0.252 e. The Morgan fingerprint density at radius 3 is 3.05 bits per heavy atom. The highest BCUT2D eigenvalue weighted by atomic mass is 16.5. The number of ether oxygens (including phenoxy) is 1. The van der Waals surface area contributed by atoms with E-state index >= 15 is 0 Å². The van der Waals surface area contributed by atoms with Crippen LogP contribution in [0.15, 0.2) is 24.5 Å². The molecular weight excluding hydrogens is 272 g/mol. The lowest BCUT2D eigenvalue weighted by Crippen LogP contribution is -2.15. The van der Waals surface area contributed by atoms with Crippen molar-refractivity contribution < 1.29 is 9.53 Å². The molecule has 0 saturated heterocycles. The molecule has 0 unspecified atom stereocenters. The highest BCUT2D eigenvalue weighted by Crippen LogP contribution is 2.26. The average molecular weight is 286 g/mol. The van der Waals surface area contributed by atoms with Crippen LogP contribution in [0.25, 0.3) is 0 Å². The number of rotatable bonds is 5. The maximum Gasteiger partial charge on any atom is 0.252 e. The van der Waals surface area contributed by atoms with Gasteiger partial charge in [-0.05, 0) is 18.2 Å². The van der Waals surface area contributed by atoms with E-state index in [0.29, 0.717) is 23.7 Å². The Balaban J connectivity index is 1.96. The van der Waals surface area contributed by atoms with Crippen molar-refractivity contribution in [3.63, 3.8) is 0 Å². The topological polar surface area (TPSA) is 119 Å². The highest BCUT2D eigenvalue weighted by Gasteiger charge is 2.09. The van der Waals surface area contributed by atoms with Gasteiger partial charge in [-0.2, -0.15) is 5.26 Å². The van der Waals surface area contributed by atoms with Crippen molar-refractivity contribution in [2.24, 2.45) is 0 Å². The molecule has 2 rings (SSSR count). The van der Waals surface area contributed by atoms with E-state index < -0.39 is 0 Å². The van der Waals surface area contributed by atoms with Crippen molar-refractivity contribution in [2.45, 2.75) is 13.0 Å². The molecular formula is C13H14N6O2. The third-order valence-electron chi connectivity index (χ3n) is 2.70. The maximum atomic E-state index is 11.9. The Hall–Kier alpha value is -3.08. The molecule has 0 spiro atoms. The van der Waals surface area contributed by atoms with Crippen LogP contribution in [0.4, 0.5) is 11.4 Å². The van der Waals surface area contributed by atoms with E-state index in [4.69, 9.17) is 15.7 Å². The molecule has 108 valence electrons. The molecule has 0 atom stereocenters. The monoisotopic (exact) mass is 286 g/mol. The quantitative estimate of drug-likeness (QED) is 0.783. The Morgan fingerprint density at radius 1 is 1.57 bits per heavy atom. The van der Waals surface area contributed by atoms with E-state index in [2.05, 4.69) is 15.4 Å². The van der Waals surface area contributed by atoms with Crippen LogP contribution in [-0.2, 0) is 11.3 Å². The van der Waals surface area contributed by atoms with Gasteiger partial charge in [0.25, 0.3) is 5.82 Å². The van der Waals surface area contributed by atoms with E-state index in [1.165, 1.54) is 18.1 Å².